The van der Waals surface area contributed by atoms with Gasteiger partial charge in [-0.1, -0.05) is 12.1 Å². The van der Waals surface area contributed by atoms with Gasteiger partial charge in [-0.3, -0.25) is 4.79 Å². The van der Waals surface area contributed by atoms with E-state index < -0.39 is 18.7 Å². The number of nitrogens with one attached hydrogen (secondary N) is 1. The molecule has 0 fully saturated rings. The van der Waals surface area contributed by atoms with Crippen molar-refractivity contribution in [2.45, 2.75) is 25.6 Å². The van der Waals surface area contributed by atoms with E-state index in [9.17, 15) is 18.0 Å². The number of rotatable bonds is 6. The molecule has 1 atom stereocenters. The van der Waals surface area contributed by atoms with Crippen LogP contribution in [-0.4, -0.2) is 25.3 Å². The van der Waals surface area contributed by atoms with E-state index in [-0.39, 0.29) is 19.1 Å². The normalized spacial score (nSPS) is 13.1. The minimum atomic E-state index is -4.37. The van der Waals surface area contributed by atoms with E-state index in [4.69, 9.17) is 5.73 Å². The Balaban J connectivity index is 2.37. The Morgan fingerprint density at radius 3 is 2.75 bits per heavy atom. The van der Waals surface area contributed by atoms with Crippen molar-refractivity contribution in [2.75, 3.05) is 18.5 Å². The maximum atomic E-state index is 11.8. The number of halogens is 3. The van der Waals surface area contributed by atoms with Gasteiger partial charge in [0.2, 0.25) is 5.91 Å². The fraction of sp³-hybridized carbons (Fsp3) is 0.462. The Bertz CT molecular complexity index is 447. The van der Waals surface area contributed by atoms with Gasteiger partial charge in [0, 0.05) is 11.7 Å². The molecular weight excluding hydrogens is 273 g/mol. The predicted molar refractivity (Wildman–Crippen MR) is 69.2 cm³/mol. The molecule has 1 amide bonds. The third-order valence-electron chi connectivity index (χ3n) is 2.44. The monoisotopic (exact) mass is 290 g/mol. The minimum Gasteiger partial charge on any atom is -0.372 e. The number of alkyl halides is 3. The van der Waals surface area contributed by atoms with Crippen LogP contribution in [0.5, 0.6) is 0 Å². The van der Waals surface area contributed by atoms with Crippen molar-refractivity contribution >= 4 is 11.6 Å². The Labute approximate surface area is 115 Å². The van der Waals surface area contributed by atoms with E-state index >= 15 is 0 Å². The van der Waals surface area contributed by atoms with Gasteiger partial charge in [0.15, 0.2) is 0 Å². The maximum absolute atomic E-state index is 11.8. The van der Waals surface area contributed by atoms with Gasteiger partial charge < -0.3 is 15.8 Å². The number of ether oxygens (including phenoxy) is 1. The van der Waals surface area contributed by atoms with Crippen LogP contribution in [0.3, 0.4) is 0 Å². The van der Waals surface area contributed by atoms with E-state index in [2.05, 4.69) is 10.1 Å². The second-order valence-electron chi connectivity index (χ2n) is 4.38. The Morgan fingerprint density at radius 1 is 1.45 bits per heavy atom. The van der Waals surface area contributed by atoms with Gasteiger partial charge in [-0.2, -0.15) is 13.2 Å². The molecule has 0 aliphatic carbocycles. The number of hydrogen-bond donors (Lipinski definition) is 2. The average molecular weight is 290 g/mol. The van der Waals surface area contributed by atoms with Gasteiger partial charge in [0.05, 0.1) is 13.0 Å². The fourth-order valence-corrected chi connectivity index (χ4v) is 1.48. The summed E-state index contributed by atoms with van der Waals surface area (Å²) in [6, 6.07) is 6.81. The summed E-state index contributed by atoms with van der Waals surface area (Å²) in [6.07, 6.45) is -4.51. The first kappa shape index (κ1) is 16.5. The third kappa shape index (κ3) is 6.53. The zero-order valence-corrected chi connectivity index (χ0v) is 11.0. The van der Waals surface area contributed by atoms with Gasteiger partial charge in [-0.25, -0.2) is 0 Å². The van der Waals surface area contributed by atoms with Crippen molar-refractivity contribution in [2.24, 2.45) is 5.73 Å². The predicted octanol–water partition coefficient (Wildman–Crippen LogP) is 2.61. The molecule has 0 spiro atoms. The molecule has 0 aliphatic rings. The number of benzene rings is 1. The number of carbonyl (C=O) groups is 1. The van der Waals surface area contributed by atoms with Crippen LogP contribution in [0.25, 0.3) is 0 Å². The molecule has 0 aromatic heterocycles. The van der Waals surface area contributed by atoms with Gasteiger partial charge >= 0.3 is 6.18 Å². The third-order valence-corrected chi connectivity index (χ3v) is 2.44. The van der Waals surface area contributed by atoms with Crippen molar-refractivity contribution in [3.8, 4) is 0 Å². The Hall–Kier alpha value is -1.60. The Morgan fingerprint density at radius 2 is 2.15 bits per heavy atom. The first-order chi connectivity index (χ1) is 9.28. The Kier molecular flexibility index (Phi) is 5.97. The van der Waals surface area contributed by atoms with Crippen molar-refractivity contribution in [3.63, 3.8) is 0 Å². The van der Waals surface area contributed by atoms with Crippen LogP contribution in [0, 0.1) is 0 Å². The molecular formula is C13H17F3N2O2. The molecule has 0 bridgehead atoms. The van der Waals surface area contributed by atoms with E-state index in [1.165, 1.54) is 0 Å². The number of hydrogen-bond acceptors (Lipinski definition) is 3. The molecule has 7 heteroatoms. The number of carbonyl (C=O) groups excluding carboxylic acids is 1. The average Bonchev–Trinajstić information content (AvgIpc) is 2.34. The summed E-state index contributed by atoms with van der Waals surface area (Å²) in [5, 5.41) is 2.58. The van der Waals surface area contributed by atoms with Gasteiger partial charge in [-0.05, 0) is 24.6 Å². The minimum absolute atomic E-state index is 0.140. The fourth-order valence-electron chi connectivity index (χ4n) is 1.48. The first-order valence-electron chi connectivity index (χ1n) is 6.08. The summed E-state index contributed by atoms with van der Waals surface area (Å²) >= 11 is 0. The number of nitrogens with two attached hydrogens (primary N) is 1. The first-order valence-corrected chi connectivity index (χ1v) is 6.08. The molecule has 0 aliphatic heterocycles. The molecule has 1 unspecified atom stereocenters. The topological polar surface area (TPSA) is 64.3 Å². The van der Waals surface area contributed by atoms with Crippen LogP contribution in [0.4, 0.5) is 18.9 Å². The largest absolute Gasteiger partial charge is 0.411 e. The molecule has 0 heterocycles. The maximum Gasteiger partial charge on any atom is 0.411 e. The molecule has 20 heavy (non-hydrogen) atoms. The zero-order valence-electron chi connectivity index (χ0n) is 11.0. The van der Waals surface area contributed by atoms with Gasteiger partial charge in [0.1, 0.15) is 6.61 Å². The quantitative estimate of drug-likeness (QED) is 0.792. The molecule has 3 N–H and O–H groups in total. The molecule has 0 saturated carbocycles. The summed E-state index contributed by atoms with van der Waals surface area (Å²) < 4.78 is 39.8. The lowest BCUT2D eigenvalue weighted by Crippen LogP contribution is -2.20. The van der Waals surface area contributed by atoms with Crippen molar-refractivity contribution in [1.29, 1.82) is 0 Å². The highest BCUT2D eigenvalue weighted by molar-refractivity contribution is 5.90. The summed E-state index contributed by atoms with van der Waals surface area (Å²) in [5.74, 6) is -0.408. The van der Waals surface area contributed by atoms with Crippen LogP contribution in [-0.2, 0) is 9.53 Å². The van der Waals surface area contributed by atoms with E-state index in [0.29, 0.717) is 5.69 Å². The number of amides is 1. The van der Waals surface area contributed by atoms with Crippen LogP contribution >= 0.6 is 0 Å². The highest BCUT2D eigenvalue weighted by Gasteiger charge is 2.27. The standard InChI is InChI=1S/C13H17F3N2O2/c1-9(17)10-3-2-4-11(7-10)18-12(19)5-6-20-8-13(14,15)16/h2-4,7,9H,5-6,8,17H2,1H3,(H,18,19). The summed E-state index contributed by atoms with van der Waals surface area (Å²) in [6.45, 7) is 0.185. The lowest BCUT2D eigenvalue weighted by molar-refractivity contribution is -0.174. The molecule has 1 rings (SSSR count). The SMILES string of the molecule is CC(N)c1cccc(NC(=O)CCOCC(F)(F)F)c1. The molecule has 0 saturated heterocycles. The second-order valence-corrected chi connectivity index (χ2v) is 4.38. The van der Waals surface area contributed by atoms with Gasteiger partial charge in [-0.15, -0.1) is 0 Å². The molecule has 1 aromatic rings. The zero-order chi connectivity index (χ0) is 15.2. The molecule has 112 valence electrons. The van der Waals surface area contributed by atoms with E-state index in [1.54, 1.807) is 18.2 Å². The second kappa shape index (κ2) is 7.25. The smallest absolute Gasteiger partial charge is 0.372 e. The molecule has 4 nitrogen and oxygen atoms in total. The summed E-state index contributed by atoms with van der Waals surface area (Å²) in [4.78, 5) is 11.5. The highest BCUT2D eigenvalue weighted by atomic mass is 19.4. The van der Waals surface area contributed by atoms with Crippen molar-refractivity contribution < 1.29 is 22.7 Å². The van der Waals surface area contributed by atoms with Gasteiger partial charge in [0.25, 0.3) is 0 Å². The van der Waals surface area contributed by atoms with Crippen LogP contribution in [0.15, 0.2) is 24.3 Å². The van der Waals surface area contributed by atoms with E-state index in [1.807, 2.05) is 13.0 Å². The summed E-state index contributed by atoms with van der Waals surface area (Å²) in [7, 11) is 0. The lowest BCUT2D eigenvalue weighted by atomic mass is 10.1. The molecule has 1 aromatic carbocycles. The van der Waals surface area contributed by atoms with E-state index in [0.717, 1.165) is 5.56 Å². The van der Waals surface area contributed by atoms with Crippen LogP contribution in [0.2, 0.25) is 0 Å². The highest BCUT2D eigenvalue weighted by Crippen LogP contribution is 2.16. The van der Waals surface area contributed by atoms with Crippen LogP contribution in [0.1, 0.15) is 24.9 Å². The molecule has 0 radical (unpaired) electrons. The lowest BCUT2D eigenvalue weighted by Gasteiger charge is -2.10. The van der Waals surface area contributed by atoms with Crippen LogP contribution < -0.4 is 11.1 Å². The summed E-state index contributed by atoms with van der Waals surface area (Å²) in [5.41, 5.74) is 7.13. The van der Waals surface area contributed by atoms with Crippen molar-refractivity contribution in [3.05, 3.63) is 29.8 Å². The van der Waals surface area contributed by atoms with Crippen molar-refractivity contribution in [1.82, 2.24) is 0 Å². The number of anilines is 1.